The summed E-state index contributed by atoms with van der Waals surface area (Å²) in [5.41, 5.74) is 2.36. The number of pyridine rings is 1. The highest BCUT2D eigenvalue weighted by Crippen LogP contribution is 2.27. The van der Waals surface area contributed by atoms with Gasteiger partial charge in [-0.15, -0.1) is 0 Å². The van der Waals surface area contributed by atoms with Crippen LogP contribution in [0.1, 0.15) is 72.9 Å². The second-order valence-corrected chi connectivity index (χ2v) is 7.46. The number of hydrogen-bond acceptors (Lipinski definition) is 5. The fourth-order valence-corrected chi connectivity index (χ4v) is 3.59. The molecule has 4 rings (SSSR count). The molecule has 1 aliphatic carbocycles. The van der Waals surface area contributed by atoms with Crippen molar-refractivity contribution >= 4 is 5.91 Å². The Hall–Kier alpha value is -3.03. The van der Waals surface area contributed by atoms with E-state index >= 15 is 0 Å². The Labute approximate surface area is 163 Å². The summed E-state index contributed by atoms with van der Waals surface area (Å²) in [5.74, 6) is 0.942. The minimum atomic E-state index is -0.309. The Kier molecular flexibility index (Phi) is 5.18. The number of aromatic nitrogens is 6. The molecule has 146 valence electrons. The fraction of sp³-hybridized carbons (Fsp3) is 0.450. The van der Waals surface area contributed by atoms with Gasteiger partial charge in [0.05, 0.1) is 23.8 Å². The zero-order chi connectivity index (χ0) is 19.5. The van der Waals surface area contributed by atoms with E-state index in [4.69, 9.17) is 0 Å². The molecule has 3 aromatic rings. The van der Waals surface area contributed by atoms with Gasteiger partial charge in [0.25, 0.3) is 5.91 Å². The highest BCUT2D eigenvalue weighted by atomic mass is 16.1. The number of H-pyrrole nitrogens is 1. The van der Waals surface area contributed by atoms with Crippen LogP contribution in [-0.4, -0.2) is 35.9 Å². The number of rotatable bonds is 5. The second-order valence-electron chi connectivity index (χ2n) is 7.46. The van der Waals surface area contributed by atoms with Gasteiger partial charge in [-0.1, -0.05) is 19.3 Å². The Morgan fingerprint density at radius 2 is 2.14 bits per heavy atom. The molecule has 0 radical (unpaired) electrons. The standard InChI is InChI=1S/C20H25N7O/c1-13-8-9-21-17(10-13)19-24-18(25-26-19)14(2)23-20(28)15-11-22-27(12-15)16-6-4-3-5-7-16/h8-12,14,16H,3-7H2,1-2H3,(H,23,28)(H,24,25,26). The molecule has 2 N–H and O–H groups in total. The van der Waals surface area contributed by atoms with Crippen LogP contribution in [0.3, 0.4) is 0 Å². The Morgan fingerprint density at radius 1 is 1.32 bits per heavy atom. The predicted octanol–water partition coefficient (Wildman–Crippen LogP) is 3.37. The lowest BCUT2D eigenvalue weighted by Crippen LogP contribution is -2.27. The third-order valence-electron chi connectivity index (χ3n) is 5.22. The Morgan fingerprint density at radius 3 is 2.93 bits per heavy atom. The molecule has 3 aromatic heterocycles. The molecule has 0 saturated heterocycles. The number of aromatic amines is 1. The highest BCUT2D eigenvalue weighted by molar-refractivity contribution is 5.93. The SMILES string of the molecule is Cc1ccnc(-c2n[nH]c(C(C)NC(=O)c3cnn(C4CCCCC4)c3)n2)c1. The topological polar surface area (TPSA) is 101 Å². The molecular formula is C20H25N7O. The van der Waals surface area contributed by atoms with Crippen molar-refractivity contribution < 1.29 is 4.79 Å². The van der Waals surface area contributed by atoms with Crippen LogP contribution in [0.2, 0.25) is 0 Å². The van der Waals surface area contributed by atoms with Crippen molar-refractivity contribution in [1.82, 2.24) is 35.3 Å². The van der Waals surface area contributed by atoms with Gasteiger partial charge < -0.3 is 5.32 Å². The van der Waals surface area contributed by atoms with Crippen molar-refractivity contribution in [1.29, 1.82) is 0 Å². The van der Waals surface area contributed by atoms with E-state index in [1.807, 2.05) is 36.9 Å². The molecule has 0 aliphatic heterocycles. The van der Waals surface area contributed by atoms with E-state index in [1.165, 1.54) is 19.3 Å². The molecular weight excluding hydrogens is 354 g/mol. The molecule has 8 nitrogen and oxygen atoms in total. The van der Waals surface area contributed by atoms with Crippen LogP contribution in [0.15, 0.2) is 30.7 Å². The van der Waals surface area contributed by atoms with Crippen molar-refractivity contribution in [2.24, 2.45) is 0 Å². The van der Waals surface area contributed by atoms with Crippen LogP contribution in [0, 0.1) is 6.92 Å². The minimum Gasteiger partial charge on any atom is -0.342 e. The quantitative estimate of drug-likeness (QED) is 0.708. The van der Waals surface area contributed by atoms with E-state index in [1.54, 1.807) is 12.4 Å². The fourth-order valence-electron chi connectivity index (χ4n) is 3.59. The van der Waals surface area contributed by atoms with Crippen LogP contribution >= 0.6 is 0 Å². The summed E-state index contributed by atoms with van der Waals surface area (Å²) in [7, 11) is 0. The van der Waals surface area contributed by atoms with Crippen LogP contribution in [-0.2, 0) is 0 Å². The summed E-state index contributed by atoms with van der Waals surface area (Å²) in [4.78, 5) is 21.4. The maximum Gasteiger partial charge on any atom is 0.255 e. The van der Waals surface area contributed by atoms with Gasteiger partial charge >= 0.3 is 0 Å². The number of hydrogen-bond donors (Lipinski definition) is 2. The lowest BCUT2D eigenvalue weighted by atomic mass is 9.96. The zero-order valence-electron chi connectivity index (χ0n) is 16.2. The summed E-state index contributed by atoms with van der Waals surface area (Å²) in [6.07, 6.45) is 11.2. The number of aryl methyl sites for hydroxylation is 1. The first-order chi connectivity index (χ1) is 13.6. The monoisotopic (exact) mass is 379 g/mol. The first kappa shape index (κ1) is 18.3. The summed E-state index contributed by atoms with van der Waals surface area (Å²) < 4.78 is 1.94. The maximum atomic E-state index is 12.6. The number of nitrogens with one attached hydrogen (secondary N) is 2. The molecule has 1 atom stereocenters. The average Bonchev–Trinajstić information content (AvgIpc) is 3.39. The van der Waals surface area contributed by atoms with Crippen LogP contribution in [0.4, 0.5) is 0 Å². The molecule has 1 aliphatic rings. The number of carbonyl (C=O) groups excluding carboxylic acids is 1. The van der Waals surface area contributed by atoms with E-state index in [-0.39, 0.29) is 11.9 Å². The van der Waals surface area contributed by atoms with Gasteiger partial charge in [-0.25, -0.2) is 4.98 Å². The smallest absolute Gasteiger partial charge is 0.255 e. The van der Waals surface area contributed by atoms with E-state index < -0.39 is 0 Å². The van der Waals surface area contributed by atoms with Gasteiger partial charge in [0.15, 0.2) is 5.82 Å². The maximum absolute atomic E-state index is 12.6. The third-order valence-corrected chi connectivity index (χ3v) is 5.22. The molecule has 8 heteroatoms. The molecule has 0 bridgehead atoms. The van der Waals surface area contributed by atoms with E-state index in [0.717, 1.165) is 18.4 Å². The molecule has 3 heterocycles. The van der Waals surface area contributed by atoms with Gasteiger partial charge in [-0.3, -0.25) is 19.6 Å². The molecule has 28 heavy (non-hydrogen) atoms. The molecule has 1 fully saturated rings. The first-order valence-electron chi connectivity index (χ1n) is 9.80. The zero-order valence-corrected chi connectivity index (χ0v) is 16.2. The second kappa shape index (κ2) is 7.92. The van der Waals surface area contributed by atoms with Crippen molar-refractivity contribution in [3.05, 3.63) is 47.7 Å². The van der Waals surface area contributed by atoms with Crippen molar-refractivity contribution in [2.75, 3.05) is 0 Å². The lowest BCUT2D eigenvalue weighted by molar-refractivity contribution is 0.0938. The lowest BCUT2D eigenvalue weighted by Gasteiger charge is -2.21. The van der Waals surface area contributed by atoms with E-state index in [2.05, 4.69) is 30.6 Å². The van der Waals surface area contributed by atoms with E-state index in [0.29, 0.717) is 28.9 Å². The number of nitrogens with zero attached hydrogens (tertiary/aromatic N) is 5. The Balaban J connectivity index is 1.41. The highest BCUT2D eigenvalue weighted by Gasteiger charge is 2.20. The molecule has 0 spiro atoms. The van der Waals surface area contributed by atoms with E-state index in [9.17, 15) is 4.79 Å². The van der Waals surface area contributed by atoms with Crippen LogP contribution in [0.25, 0.3) is 11.5 Å². The number of amides is 1. The van der Waals surface area contributed by atoms with Crippen LogP contribution < -0.4 is 5.32 Å². The van der Waals surface area contributed by atoms with Crippen molar-refractivity contribution in [2.45, 2.75) is 58.0 Å². The molecule has 1 unspecified atom stereocenters. The molecule has 1 amide bonds. The number of carbonyl (C=O) groups is 1. The molecule has 0 aromatic carbocycles. The first-order valence-corrected chi connectivity index (χ1v) is 9.80. The molecule has 1 saturated carbocycles. The van der Waals surface area contributed by atoms with Gasteiger partial charge in [0, 0.05) is 12.4 Å². The van der Waals surface area contributed by atoms with Crippen molar-refractivity contribution in [3.63, 3.8) is 0 Å². The van der Waals surface area contributed by atoms with Gasteiger partial charge in [-0.2, -0.15) is 10.2 Å². The van der Waals surface area contributed by atoms with Crippen LogP contribution in [0.5, 0.6) is 0 Å². The summed E-state index contributed by atoms with van der Waals surface area (Å²) in [5, 5.41) is 14.5. The van der Waals surface area contributed by atoms with Gasteiger partial charge in [-0.05, 0) is 44.4 Å². The Bertz CT molecular complexity index is 955. The van der Waals surface area contributed by atoms with Gasteiger partial charge in [0.1, 0.15) is 11.5 Å². The van der Waals surface area contributed by atoms with Crippen molar-refractivity contribution in [3.8, 4) is 11.5 Å². The largest absolute Gasteiger partial charge is 0.342 e. The predicted molar refractivity (Wildman–Crippen MR) is 105 cm³/mol. The van der Waals surface area contributed by atoms with Gasteiger partial charge in [0.2, 0.25) is 0 Å². The average molecular weight is 379 g/mol. The summed E-state index contributed by atoms with van der Waals surface area (Å²) in [6.45, 7) is 3.87. The minimum absolute atomic E-state index is 0.166. The normalized spacial score (nSPS) is 16.1. The third kappa shape index (κ3) is 3.95. The summed E-state index contributed by atoms with van der Waals surface area (Å²) in [6, 6.07) is 3.95. The summed E-state index contributed by atoms with van der Waals surface area (Å²) >= 11 is 0.